The van der Waals surface area contributed by atoms with Gasteiger partial charge in [0.05, 0.1) is 0 Å². The molecule has 2 N–H and O–H groups in total. The van der Waals surface area contributed by atoms with Gasteiger partial charge in [0.1, 0.15) is 0 Å². The quantitative estimate of drug-likeness (QED) is 0.554. The van der Waals surface area contributed by atoms with Crippen molar-refractivity contribution in [1.82, 2.24) is 0 Å². The third-order valence-electron chi connectivity index (χ3n) is 1.04. The summed E-state index contributed by atoms with van der Waals surface area (Å²) in [6, 6.07) is 0. The van der Waals surface area contributed by atoms with Crippen molar-refractivity contribution < 1.29 is 0 Å². The van der Waals surface area contributed by atoms with Gasteiger partial charge in [0.2, 0.25) is 0 Å². The molecule has 0 aromatic carbocycles. The van der Waals surface area contributed by atoms with E-state index in [0.717, 1.165) is 12.1 Å². The molecule has 2 heteroatoms. The first-order valence-corrected chi connectivity index (χ1v) is 3.48. The maximum absolute atomic E-state index is 5.47. The van der Waals surface area contributed by atoms with E-state index in [4.69, 9.17) is 5.73 Å². The smallest absolute Gasteiger partial charge is 0.0382 e. The zero-order chi connectivity index (χ0) is 5.98. The van der Waals surface area contributed by atoms with Crippen LogP contribution in [0.3, 0.4) is 0 Å². The van der Waals surface area contributed by atoms with Gasteiger partial charge in [0, 0.05) is 10.5 Å². The van der Waals surface area contributed by atoms with Gasteiger partial charge in [-0.3, -0.25) is 0 Å². The van der Waals surface area contributed by atoms with E-state index in [9.17, 15) is 0 Å². The highest BCUT2D eigenvalue weighted by molar-refractivity contribution is 9.09. The van der Waals surface area contributed by atoms with Crippen molar-refractivity contribution in [2.75, 3.05) is 0 Å². The zero-order valence-corrected chi connectivity index (χ0v) is 6.06. The molecule has 8 heavy (non-hydrogen) atoms. The molecule has 0 aromatic rings. The lowest BCUT2D eigenvalue weighted by Gasteiger charge is -2.05. The second-order valence-corrected chi connectivity index (χ2v) is 3.00. The van der Waals surface area contributed by atoms with Crippen LogP contribution in [0.15, 0.2) is 23.9 Å². The van der Waals surface area contributed by atoms with E-state index in [1.54, 1.807) is 0 Å². The number of alkyl halides is 1. The topological polar surface area (TPSA) is 26.0 Å². The monoisotopic (exact) mass is 173 g/mol. The molecule has 0 radical (unpaired) electrons. The number of rotatable bonds is 0. The summed E-state index contributed by atoms with van der Waals surface area (Å²) in [5, 5.41) is 0. The van der Waals surface area contributed by atoms with Crippen LogP contribution in [0.4, 0.5) is 0 Å². The third-order valence-corrected chi connectivity index (χ3v) is 1.68. The Labute approximate surface area is 57.4 Å². The van der Waals surface area contributed by atoms with Crippen LogP contribution in [0.5, 0.6) is 0 Å². The molecule has 1 rings (SSSR count). The summed E-state index contributed by atoms with van der Waals surface area (Å²) in [6.07, 6.45) is 7.05. The minimum Gasteiger partial charge on any atom is -0.399 e. The van der Waals surface area contributed by atoms with Crippen molar-refractivity contribution in [3.63, 3.8) is 0 Å². The number of hydrogen-bond donors (Lipinski definition) is 1. The fourth-order valence-corrected chi connectivity index (χ4v) is 1.19. The zero-order valence-electron chi connectivity index (χ0n) is 4.47. The lowest BCUT2D eigenvalue weighted by Crippen LogP contribution is -2.03. The molecule has 1 nitrogen and oxygen atoms in total. The third kappa shape index (κ3) is 1.37. The standard InChI is InChI=1S/C6H8BrN/c7-5-2-1-3-6(8)4-5/h1,3-5H,2,8H2. The van der Waals surface area contributed by atoms with Gasteiger partial charge in [0.15, 0.2) is 0 Å². The van der Waals surface area contributed by atoms with Gasteiger partial charge in [-0.15, -0.1) is 0 Å². The molecule has 0 spiro atoms. The molecule has 0 bridgehead atoms. The van der Waals surface area contributed by atoms with E-state index in [1.807, 2.05) is 12.2 Å². The van der Waals surface area contributed by atoms with Crippen molar-refractivity contribution in [2.24, 2.45) is 5.73 Å². The van der Waals surface area contributed by atoms with E-state index in [0.29, 0.717) is 4.83 Å². The Bertz CT molecular complexity index is 137. The summed E-state index contributed by atoms with van der Waals surface area (Å²) in [5.41, 5.74) is 6.33. The molecule has 0 fully saturated rings. The van der Waals surface area contributed by atoms with Crippen LogP contribution in [-0.4, -0.2) is 4.83 Å². The molecular weight excluding hydrogens is 166 g/mol. The fraction of sp³-hybridized carbons (Fsp3) is 0.333. The molecule has 1 unspecified atom stereocenters. The van der Waals surface area contributed by atoms with Gasteiger partial charge < -0.3 is 5.73 Å². The maximum atomic E-state index is 5.47. The van der Waals surface area contributed by atoms with Gasteiger partial charge in [-0.05, 0) is 18.6 Å². The van der Waals surface area contributed by atoms with Crippen LogP contribution in [0, 0.1) is 0 Å². The normalized spacial score (nSPS) is 27.6. The molecule has 1 aliphatic carbocycles. The Kier molecular flexibility index (Phi) is 1.73. The summed E-state index contributed by atoms with van der Waals surface area (Å²) in [6.45, 7) is 0. The van der Waals surface area contributed by atoms with E-state index in [2.05, 4.69) is 22.0 Å². The lowest BCUT2D eigenvalue weighted by atomic mass is 10.2. The van der Waals surface area contributed by atoms with Crippen LogP contribution < -0.4 is 5.73 Å². The van der Waals surface area contributed by atoms with Crippen LogP contribution in [0.1, 0.15) is 6.42 Å². The van der Waals surface area contributed by atoms with E-state index in [-0.39, 0.29) is 0 Å². The van der Waals surface area contributed by atoms with Gasteiger partial charge >= 0.3 is 0 Å². The summed E-state index contributed by atoms with van der Waals surface area (Å²) in [5.74, 6) is 0. The molecule has 0 heterocycles. The number of nitrogens with two attached hydrogens (primary N) is 1. The highest BCUT2D eigenvalue weighted by Gasteiger charge is 2.00. The molecule has 0 aromatic heterocycles. The molecule has 0 aliphatic heterocycles. The fourth-order valence-electron chi connectivity index (χ4n) is 0.667. The van der Waals surface area contributed by atoms with Crippen LogP contribution in [-0.2, 0) is 0 Å². The van der Waals surface area contributed by atoms with Gasteiger partial charge in [0.25, 0.3) is 0 Å². The van der Waals surface area contributed by atoms with E-state index in [1.165, 1.54) is 0 Å². The second kappa shape index (κ2) is 2.35. The highest BCUT2D eigenvalue weighted by Crippen LogP contribution is 2.13. The first-order valence-electron chi connectivity index (χ1n) is 2.57. The Morgan fingerprint density at radius 1 is 1.75 bits per heavy atom. The molecule has 0 amide bonds. The lowest BCUT2D eigenvalue weighted by molar-refractivity contribution is 1.05. The van der Waals surface area contributed by atoms with Crippen LogP contribution in [0.25, 0.3) is 0 Å². The molecule has 1 aliphatic rings. The first kappa shape index (κ1) is 5.89. The van der Waals surface area contributed by atoms with Gasteiger partial charge in [-0.25, -0.2) is 0 Å². The van der Waals surface area contributed by atoms with Gasteiger partial charge in [-0.1, -0.05) is 22.0 Å². The Morgan fingerprint density at radius 2 is 2.50 bits per heavy atom. The summed E-state index contributed by atoms with van der Waals surface area (Å²) in [4.78, 5) is 0.451. The predicted molar refractivity (Wildman–Crippen MR) is 38.7 cm³/mol. The largest absolute Gasteiger partial charge is 0.399 e. The van der Waals surface area contributed by atoms with Gasteiger partial charge in [-0.2, -0.15) is 0 Å². The second-order valence-electron chi connectivity index (χ2n) is 1.82. The number of halogens is 1. The minimum absolute atomic E-state index is 0.451. The van der Waals surface area contributed by atoms with E-state index >= 15 is 0 Å². The van der Waals surface area contributed by atoms with Crippen LogP contribution >= 0.6 is 15.9 Å². The van der Waals surface area contributed by atoms with Crippen molar-refractivity contribution in [3.05, 3.63) is 23.9 Å². The Balaban J connectivity index is 2.63. The molecule has 1 atom stereocenters. The van der Waals surface area contributed by atoms with Crippen molar-refractivity contribution in [2.45, 2.75) is 11.2 Å². The summed E-state index contributed by atoms with van der Waals surface area (Å²) in [7, 11) is 0. The van der Waals surface area contributed by atoms with Crippen LogP contribution in [0.2, 0.25) is 0 Å². The molecular formula is C6H8BrN. The minimum atomic E-state index is 0.451. The molecule has 0 saturated carbocycles. The Morgan fingerprint density at radius 3 is 2.88 bits per heavy atom. The van der Waals surface area contributed by atoms with Crippen molar-refractivity contribution in [1.29, 1.82) is 0 Å². The van der Waals surface area contributed by atoms with Crippen molar-refractivity contribution >= 4 is 15.9 Å². The average Bonchev–Trinajstić information content (AvgIpc) is 1.64. The number of hydrogen-bond acceptors (Lipinski definition) is 1. The SMILES string of the molecule is NC1=CC(Br)CC=C1. The van der Waals surface area contributed by atoms with Crippen molar-refractivity contribution in [3.8, 4) is 0 Å². The first-order chi connectivity index (χ1) is 3.79. The number of allylic oxidation sites excluding steroid dienone is 3. The Hall–Kier alpha value is -0.240. The summed E-state index contributed by atoms with van der Waals surface area (Å²) >= 11 is 3.42. The van der Waals surface area contributed by atoms with E-state index < -0.39 is 0 Å². The maximum Gasteiger partial charge on any atom is 0.0382 e. The molecule has 44 valence electrons. The predicted octanol–water partition coefficient (Wildman–Crippen LogP) is 1.55. The average molecular weight is 174 g/mol. The highest BCUT2D eigenvalue weighted by atomic mass is 79.9. The summed E-state index contributed by atoms with van der Waals surface area (Å²) < 4.78 is 0. The molecule has 0 saturated heterocycles.